The van der Waals surface area contributed by atoms with Crippen molar-refractivity contribution in [2.75, 3.05) is 13.2 Å². The van der Waals surface area contributed by atoms with E-state index in [1.54, 1.807) is 0 Å². The Bertz CT molecular complexity index is 809. The first-order valence-electron chi connectivity index (χ1n) is 23.2. The zero-order valence-electron chi connectivity index (χ0n) is 36.1. The highest BCUT2D eigenvalue weighted by Gasteiger charge is 2.19. The summed E-state index contributed by atoms with van der Waals surface area (Å²) in [5, 5.41) is 0. The predicted molar refractivity (Wildman–Crippen MR) is 224 cm³/mol. The molecule has 0 aromatic heterocycles. The highest BCUT2D eigenvalue weighted by Crippen LogP contribution is 2.16. The van der Waals surface area contributed by atoms with Crippen LogP contribution in [0, 0.1) is 11.8 Å². The molecule has 314 valence electrons. The fourth-order valence-electron chi connectivity index (χ4n) is 6.93. The van der Waals surface area contributed by atoms with Gasteiger partial charge in [-0.05, 0) is 31.1 Å². The van der Waals surface area contributed by atoms with E-state index < -0.39 is 6.10 Å². The molecule has 0 aliphatic carbocycles. The third-order valence-corrected chi connectivity index (χ3v) is 10.5. The maximum absolute atomic E-state index is 12.7. The summed E-state index contributed by atoms with van der Waals surface area (Å²) in [7, 11) is 0. The van der Waals surface area contributed by atoms with Gasteiger partial charge in [0.15, 0.2) is 6.10 Å². The highest BCUT2D eigenvalue weighted by atomic mass is 16.6. The van der Waals surface area contributed by atoms with E-state index in [0.717, 1.165) is 69.6 Å². The monoisotopic (exact) mass is 751 g/mol. The lowest BCUT2D eigenvalue weighted by atomic mass is 10.0. The van der Waals surface area contributed by atoms with E-state index in [0.29, 0.717) is 19.3 Å². The van der Waals surface area contributed by atoms with Gasteiger partial charge >= 0.3 is 17.9 Å². The number of unbranched alkanes of at least 4 members (excludes halogenated alkanes) is 26. The van der Waals surface area contributed by atoms with E-state index in [9.17, 15) is 14.4 Å². The molecule has 0 bridgehead atoms. The summed E-state index contributed by atoms with van der Waals surface area (Å²) in [5.41, 5.74) is 0. The summed E-state index contributed by atoms with van der Waals surface area (Å²) >= 11 is 0. The van der Waals surface area contributed by atoms with Crippen molar-refractivity contribution >= 4 is 17.9 Å². The molecule has 0 rings (SSSR count). The molecule has 0 radical (unpaired) electrons. The molecule has 6 heteroatoms. The second kappa shape index (κ2) is 40.1. The van der Waals surface area contributed by atoms with E-state index in [-0.39, 0.29) is 31.1 Å². The summed E-state index contributed by atoms with van der Waals surface area (Å²) in [4.78, 5) is 37.7. The molecule has 0 aliphatic heterocycles. The zero-order chi connectivity index (χ0) is 39.0. The third-order valence-electron chi connectivity index (χ3n) is 10.5. The van der Waals surface area contributed by atoms with Gasteiger partial charge in [0.25, 0.3) is 0 Å². The van der Waals surface area contributed by atoms with Crippen LogP contribution in [0.25, 0.3) is 0 Å². The van der Waals surface area contributed by atoms with Crippen molar-refractivity contribution in [2.24, 2.45) is 11.8 Å². The second-order valence-electron chi connectivity index (χ2n) is 17.0. The summed E-state index contributed by atoms with van der Waals surface area (Å²) in [5.74, 6) is 0.725. The number of hydrogen-bond acceptors (Lipinski definition) is 6. The van der Waals surface area contributed by atoms with Gasteiger partial charge in [0.05, 0.1) is 0 Å². The molecule has 0 saturated heterocycles. The molecule has 53 heavy (non-hydrogen) atoms. The van der Waals surface area contributed by atoms with Gasteiger partial charge in [0, 0.05) is 19.3 Å². The Labute approximate surface area is 329 Å². The summed E-state index contributed by atoms with van der Waals surface area (Å²) in [6, 6.07) is 0. The van der Waals surface area contributed by atoms with Crippen molar-refractivity contribution in [3.63, 3.8) is 0 Å². The van der Waals surface area contributed by atoms with Crippen molar-refractivity contribution in [1.29, 1.82) is 0 Å². The Kier molecular flexibility index (Phi) is 38.9. The molecule has 0 heterocycles. The van der Waals surface area contributed by atoms with E-state index in [1.807, 2.05) is 0 Å². The topological polar surface area (TPSA) is 78.9 Å². The smallest absolute Gasteiger partial charge is 0.306 e. The number of ether oxygens (including phenoxy) is 3. The molecule has 0 unspecified atom stereocenters. The largest absolute Gasteiger partial charge is 0.462 e. The van der Waals surface area contributed by atoms with E-state index in [2.05, 4.69) is 34.6 Å². The minimum absolute atomic E-state index is 0.0656. The minimum atomic E-state index is -0.761. The fourth-order valence-corrected chi connectivity index (χ4v) is 6.93. The fraction of sp³-hybridized carbons (Fsp3) is 0.936. The predicted octanol–water partition coefficient (Wildman–Crippen LogP) is 14.6. The van der Waals surface area contributed by atoms with Crippen molar-refractivity contribution in [3.05, 3.63) is 0 Å². The van der Waals surface area contributed by atoms with Crippen LogP contribution in [0.4, 0.5) is 0 Å². The first kappa shape index (κ1) is 51.4. The number of hydrogen-bond donors (Lipinski definition) is 0. The van der Waals surface area contributed by atoms with Crippen LogP contribution < -0.4 is 0 Å². The Balaban J connectivity index is 4.29. The number of carbonyl (C=O) groups excluding carboxylic acids is 3. The van der Waals surface area contributed by atoms with Gasteiger partial charge < -0.3 is 14.2 Å². The average Bonchev–Trinajstić information content (AvgIpc) is 3.12. The SMILES string of the molecule is CCCCCCCCCCCCCCC(=O)OC[C@@H](COC(=O)CCCCCCCCCCCCCC(C)C)OC(=O)CCCCCCCCC(C)C. The van der Waals surface area contributed by atoms with Gasteiger partial charge in [-0.2, -0.15) is 0 Å². The van der Waals surface area contributed by atoms with Gasteiger partial charge in [-0.15, -0.1) is 0 Å². The van der Waals surface area contributed by atoms with E-state index in [4.69, 9.17) is 14.2 Å². The van der Waals surface area contributed by atoms with Crippen molar-refractivity contribution < 1.29 is 28.6 Å². The summed E-state index contributed by atoms with van der Waals surface area (Å²) < 4.78 is 16.7. The van der Waals surface area contributed by atoms with Crippen LogP contribution in [0.5, 0.6) is 0 Å². The van der Waals surface area contributed by atoms with Crippen molar-refractivity contribution in [3.8, 4) is 0 Å². The molecule has 0 spiro atoms. The molecule has 0 fully saturated rings. The first-order chi connectivity index (χ1) is 25.7. The van der Waals surface area contributed by atoms with Crippen LogP contribution >= 0.6 is 0 Å². The lowest BCUT2D eigenvalue weighted by Crippen LogP contribution is -2.30. The van der Waals surface area contributed by atoms with Crippen LogP contribution in [0.3, 0.4) is 0 Å². The van der Waals surface area contributed by atoms with Crippen LogP contribution in [-0.2, 0) is 28.6 Å². The lowest BCUT2D eigenvalue weighted by molar-refractivity contribution is -0.167. The molecule has 0 amide bonds. The quantitative estimate of drug-likeness (QED) is 0.0352. The van der Waals surface area contributed by atoms with Crippen LogP contribution in [-0.4, -0.2) is 37.2 Å². The Morgan fingerprint density at radius 1 is 0.358 bits per heavy atom. The molecular weight excluding hydrogens is 661 g/mol. The second-order valence-corrected chi connectivity index (χ2v) is 17.0. The van der Waals surface area contributed by atoms with E-state index in [1.165, 1.54) is 141 Å². The zero-order valence-corrected chi connectivity index (χ0v) is 36.1. The lowest BCUT2D eigenvalue weighted by Gasteiger charge is -2.18. The standard InChI is InChI=1S/C47H90O6/c1-6-7-8-9-10-11-12-15-18-21-27-32-37-45(48)51-40-44(53-47(50)39-34-29-24-23-26-31-36-43(4)5)41-52-46(49)38-33-28-22-19-16-13-14-17-20-25-30-35-42(2)3/h42-44H,6-41H2,1-5H3/t44-/m0/s1. The van der Waals surface area contributed by atoms with Gasteiger partial charge in [0.1, 0.15) is 13.2 Å². The Hall–Kier alpha value is -1.59. The molecule has 6 nitrogen and oxygen atoms in total. The first-order valence-corrected chi connectivity index (χ1v) is 23.2. The van der Waals surface area contributed by atoms with Gasteiger partial charge in [-0.3, -0.25) is 14.4 Å². The van der Waals surface area contributed by atoms with Crippen LogP contribution in [0.15, 0.2) is 0 Å². The summed E-state index contributed by atoms with van der Waals surface area (Å²) in [6.07, 6.45) is 38.1. The number of rotatable bonds is 41. The van der Waals surface area contributed by atoms with E-state index >= 15 is 0 Å². The minimum Gasteiger partial charge on any atom is -0.462 e. The summed E-state index contributed by atoms with van der Waals surface area (Å²) in [6.45, 7) is 11.3. The Morgan fingerprint density at radius 2 is 0.623 bits per heavy atom. The highest BCUT2D eigenvalue weighted by molar-refractivity contribution is 5.71. The maximum atomic E-state index is 12.7. The normalized spacial score (nSPS) is 12.1. The number of esters is 3. The molecule has 1 atom stereocenters. The molecule has 0 N–H and O–H groups in total. The van der Waals surface area contributed by atoms with Gasteiger partial charge in [-0.1, -0.05) is 214 Å². The van der Waals surface area contributed by atoms with Crippen molar-refractivity contribution in [1.82, 2.24) is 0 Å². The van der Waals surface area contributed by atoms with Gasteiger partial charge in [0.2, 0.25) is 0 Å². The maximum Gasteiger partial charge on any atom is 0.306 e. The molecule has 0 aromatic rings. The molecular formula is C47H90O6. The van der Waals surface area contributed by atoms with Crippen LogP contribution in [0.1, 0.15) is 253 Å². The van der Waals surface area contributed by atoms with Crippen LogP contribution in [0.2, 0.25) is 0 Å². The van der Waals surface area contributed by atoms with Crippen molar-refractivity contribution in [2.45, 2.75) is 259 Å². The third kappa shape index (κ3) is 41.4. The Morgan fingerprint density at radius 3 is 0.925 bits per heavy atom. The molecule has 0 aliphatic rings. The number of carbonyl (C=O) groups is 3. The molecule has 0 aromatic carbocycles. The average molecular weight is 751 g/mol. The molecule has 0 saturated carbocycles. The van der Waals surface area contributed by atoms with Gasteiger partial charge in [-0.25, -0.2) is 0 Å².